The lowest BCUT2D eigenvalue weighted by molar-refractivity contribution is -0.116. The predicted octanol–water partition coefficient (Wildman–Crippen LogP) is 3.12. The van der Waals surface area contributed by atoms with Crippen molar-refractivity contribution in [2.75, 3.05) is 11.1 Å². The second kappa shape index (κ2) is 7.67. The zero-order valence-corrected chi connectivity index (χ0v) is 18.4. The van der Waals surface area contributed by atoms with Crippen LogP contribution in [-0.4, -0.2) is 26.2 Å². The number of fused-ring (bicyclic) bond motifs is 3. The predicted molar refractivity (Wildman–Crippen MR) is 122 cm³/mol. The van der Waals surface area contributed by atoms with Gasteiger partial charge in [-0.1, -0.05) is 24.8 Å². The Morgan fingerprint density at radius 3 is 2.97 bits per heavy atom. The molecular formula is C23H24N4O3S. The summed E-state index contributed by atoms with van der Waals surface area (Å²) in [6, 6.07) is 5.37. The molecule has 1 aliphatic heterocycles. The number of nitrogens with one attached hydrogen (secondary N) is 2. The summed E-state index contributed by atoms with van der Waals surface area (Å²) in [6.45, 7) is 3.92. The fourth-order valence-electron chi connectivity index (χ4n) is 4.74. The lowest BCUT2D eigenvalue weighted by Gasteiger charge is -2.15. The van der Waals surface area contributed by atoms with Gasteiger partial charge in [-0.15, -0.1) is 0 Å². The van der Waals surface area contributed by atoms with E-state index in [2.05, 4.69) is 15.3 Å². The van der Waals surface area contributed by atoms with Crippen LogP contribution in [0, 0.1) is 6.92 Å². The van der Waals surface area contributed by atoms with E-state index in [4.69, 9.17) is 0 Å². The average Bonchev–Trinajstić information content (AvgIpc) is 3.36. The van der Waals surface area contributed by atoms with Gasteiger partial charge in [0.25, 0.3) is 11.1 Å². The average molecular weight is 437 g/mol. The number of H-pyrrole nitrogens is 1. The van der Waals surface area contributed by atoms with Gasteiger partial charge in [-0.05, 0) is 50.3 Å². The maximum absolute atomic E-state index is 12.9. The van der Waals surface area contributed by atoms with Crippen LogP contribution in [0.2, 0.25) is 0 Å². The molecule has 31 heavy (non-hydrogen) atoms. The van der Waals surface area contributed by atoms with E-state index in [0.717, 1.165) is 52.2 Å². The van der Waals surface area contributed by atoms with Gasteiger partial charge in [0.05, 0.1) is 17.3 Å². The van der Waals surface area contributed by atoms with E-state index in [0.29, 0.717) is 23.4 Å². The molecule has 0 saturated heterocycles. The first-order chi connectivity index (χ1) is 15.0. The van der Waals surface area contributed by atoms with Crippen molar-refractivity contribution in [2.45, 2.75) is 57.1 Å². The standard InChI is InChI=1S/C23H24N4O3S/c1-3-15-12(2)16-8-7-13(9-19(16)25-21(15)29)24-20(28)10-14-11-31-23-26-18-6-4-5-17(18)22(30)27(14)23/h7-9,14H,3-6,10-11H2,1-2H3,(H,24,28)(H,25,29). The van der Waals surface area contributed by atoms with Crippen molar-refractivity contribution >= 4 is 34.3 Å². The van der Waals surface area contributed by atoms with Gasteiger partial charge in [0.2, 0.25) is 5.91 Å². The molecule has 160 valence electrons. The van der Waals surface area contributed by atoms with E-state index in [1.807, 2.05) is 26.0 Å². The Hall–Kier alpha value is -2.87. The molecule has 1 atom stereocenters. The minimum atomic E-state index is -0.194. The van der Waals surface area contributed by atoms with Crippen LogP contribution in [0.15, 0.2) is 32.9 Å². The summed E-state index contributed by atoms with van der Waals surface area (Å²) in [6.07, 6.45) is 3.50. The molecule has 1 aromatic carbocycles. The van der Waals surface area contributed by atoms with Gasteiger partial charge in [-0.25, -0.2) is 4.98 Å². The molecule has 1 aliphatic carbocycles. The Morgan fingerprint density at radius 2 is 2.16 bits per heavy atom. The third-order valence-electron chi connectivity index (χ3n) is 6.33. The maximum atomic E-state index is 12.9. The van der Waals surface area contributed by atoms with Crippen molar-refractivity contribution in [3.05, 3.63) is 61.3 Å². The minimum Gasteiger partial charge on any atom is -0.326 e. The Bertz CT molecular complexity index is 1340. The first kappa shape index (κ1) is 20.1. The van der Waals surface area contributed by atoms with Crippen molar-refractivity contribution < 1.29 is 4.79 Å². The highest BCUT2D eigenvalue weighted by Gasteiger charge is 2.31. The van der Waals surface area contributed by atoms with E-state index in [1.165, 1.54) is 0 Å². The third-order valence-corrected chi connectivity index (χ3v) is 7.43. The molecule has 2 aliphatic rings. The minimum absolute atomic E-state index is 0.0192. The van der Waals surface area contributed by atoms with Crippen LogP contribution in [0.25, 0.3) is 10.9 Å². The summed E-state index contributed by atoms with van der Waals surface area (Å²) in [5.41, 5.74) is 4.76. The number of aryl methyl sites for hydroxylation is 2. The SMILES string of the molecule is CCc1c(C)c2ccc(NC(=O)CC3CSc4nc5c(c(=O)n43)CCC5)cc2[nH]c1=O. The van der Waals surface area contributed by atoms with Crippen LogP contribution >= 0.6 is 11.8 Å². The van der Waals surface area contributed by atoms with Crippen LogP contribution < -0.4 is 16.4 Å². The number of benzene rings is 1. The van der Waals surface area contributed by atoms with E-state index < -0.39 is 0 Å². The number of thioether (sulfide) groups is 1. The number of hydrogen-bond acceptors (Lipinski definition) is 5. The normalized spacial score (nSPS) is 17.0. The Kier molecular flexibility index (Phi) is 4.97. The highest BCUT2D eigenvalue weighted by Crippen LogP contribution is 2.34. The van der Waals surface area contributed by atoms with Crippen molar-refractivity contribution in [1.82, 2.24) is 14.5 Å². The van der Waals surface area contributed by atoms with Crippen LogP contribution in [0.1, 0.15) is 48.2 Å². The number of carbonyl (C=O) groups excluding carboxylic acids is 1. The van der Waals surface area contributed by atoms with Gasteiger partial charge in [0.15, 0.2) is 5.16 Å². The number of rotatable bonds is 4. The molecule has 0 radical (unpaired) electrons. The molecule has 1 amide bonds. The number of nitrogens with zero attached hydrogens (tertiary/aromatic N) is 2. The van der Waals surface area contributed by atoms with Crippen molar-refractivity contribution in [2.24, 2.45) is 0 Å². The van der Waals surface area contributed by atoms with E-state index in [-0.39, 0.29) is 29.5 Å². The molecule has 3 aromatic rings. The monoisotopic (exact) mass is 436 g/mol. The molecule has 0 saturated carbocycles. The molecule has 1 unspecified atom stereocenters. The van der Waals surface area contributed by atoms with E-state index in [1.54, 1.807) is 22.4 Å². The maximum Gasteiger partial charge on any atom is 0.257 e. The topological polar surface area (TPSA) is 96.8 Å². The first-order valence-corrected chi connectivity index (χ1v) is 11.7. The van der Waals surface area contributed by atoms with Crippen LogP contribution in [0.5, 0.6) is 0 Å². The van der Waals surface area contributed by atoms with Gasteiger partial charge < -0.3 is 10.3 Å². The largest absolute Gasteiger partial charge is 0.326 e. The summed E-state index contributed by atoms with van der Waals surface area (Å²) < 4.78 is 1.71. The Balaban J connectivity index is 1.37. The van der Waals surface area contributed by atoms with Gasteiger partial charge in [0, 0.05) is 34.4 Å². The molecule has 5 rings (SSSR count). The zero-order chi connectivity index (χ0) is 21.7. The van der Waals surface area contributed by atoms with E-state index in [9.17, 15) is 14.4 Å². The summed E-state index contributed by atoms with van der Waals surface area (Å²) in [5, 5.41) is 4.63. The molecule has 0 spiro atoms. The van der Waals surface area contributed by atoms with Gasteiger partial charge >= 0.3 is 0 Å². The summed E-state index contributed by atoms with van der Waals surface area (Å²) in [4.78, 5) is 45.5. The number of pyridine rings is 1. The fourth-order valence-corrected chi connectivity index (χ4v) is 5.89. The molecule has 8 heteroatoms. The second-order valence-corrected chi connectivity index (χ2v) is 9.22. The summed E-state index contributed by atoms with van der Waals surface area (Å²) in [7, 11) is 0. The number of aromatic nitrogens is 3. The second-order valence-electron chi connectivity index (χ2n) is 8.24. The van der Waals surface area contributed by atoms with Crippen molar-refractivity contribution in [3.63, 3.8) is 0 Å². The summed E-state index contributed by atoms with van der Waals surface area (Å²) >= 11 is 1.55. The number of hydrogen-bond donors (Lipinski definition) is 2. The van der Waals surface area contributed by atoms with Crippen molar-refractivity contribution in [3.8, 4) is 0 Å². The number of anilines is 1. The van der Waals surface area contributed by atoms with E-state index >= 15 is 0 Å². The van der Waals surface area contributed by atoms with Crippen molar-refractivity contribution in [1.29, 1.82) is 0 Å². The molecule has 0 bridgehead atoms. The molecule has 0 fully saturated rings. The Labute approximate surface area is 183 Å². The molecular weight excluding hydrogens is 412 g/mol. The molecule has 2 N–H and O–H groups in total. The number of carbonyl (C=O) groups is 1. The molecule has 2 aromatic heterocycles. The molecule has 7 nitrogen and oxygen atoms in total. The first-order valence-electron chi connectivity index (χ1n) is 10.7. The molecule has 3 heterocycles. The quantitative estimate of drug-likeness (QED) is 0.613. The highest BCUT2D eigenvalue weighted by molar-refractivity contribution is 7.99. The van der Waals surface area contributed by atoms with Gasteiger partial charge in [-0.2, -0.15) is 0 Å². The van der Waals surface area contributed by atoms with Crippen LogP contribution in [-0.2, 0) is 24.1 Å². The number of aromatic amines is 1. The van der Waals surface area contributed by atoms with Crippen LogP contribution in [0.3, 0.4) is 0 Å². The lowest BCUT2D eigenvalue weighted by atomic mass is 10.0. The van der Waals surface area contributed by atoms with Gasteiger partial charge in [-0.3, -0.25) is 19.0 Å². The van der Waals surface area contributed by atoms with Crippen LogP contribution in [0.4, 0.5) is 5.69 Å². The highest BCUT2D eigenvalue weighted by atomic mass is 32.2. The number of amides is 1. The van der Waals surface area contributed by atoms with Gasteiger partial charge in [0.1, 0.15) is 0 Å². The Morgan fingerprint density at radius 1 is 1.32 bits per heavy atom. The zero-order valence-electron chi connectivity index (χ0n) is 17.6. The third kappa shape index (κ3) is 3.39. The summed E-state index contributed by atoms with van der Waals surface area (Å²) in [5.74, 6) is 0.511. The smallest absolute Gasteiger partial charge is 0.257 e. The fraction of sp³-hybridized carbons (Fsp3) is 0.391. The lowest BCUT2D eigenvalue weighted by Crippen LogP contribution is -2.30.